The van der Waals surface area contributed by atoms with Gasteiger partial charge >= 0.3 is 0 Å². The van der Waals surface area contributed by atoms with Crippen LogP contribution in [0.4, 0.5) is 0 Å². The summed E-state index contributed by atoms with van der Waals surface area (Å²) in [6.45, 7) is 4.10. The van der Waals surface area contributed by atoms with Crippen molar-refractivity contribution in [1.82, 2.24) is 0 Å². The van der Waals surface area contributed by atoms with Crippen LogP contribution in [0.5, 0.6) is 0 Å². The Kier molecular flexibility index (Phi) is 6.73. The Morgan fingerprint density at radius 1 is 1.15 bits per heavy atom. The zero-order valence-corrected chi connectivity index (χ0v) is 8.37. The van der Waals surface area contributed by atoms with Crippen LogP contribution in [0.2, 0.25) is 0 Å². The van der Waals surface area contributed by atoms with Crippen molar-refractivity contribution in [2.75, 3.05) is 27.9 Å². The van der Waals surface area contributed by atoms with E-state index >= 15 is 0 Å². The summed E-state index contributed by atoms with van der Waals surface area (Å²) in [7, 11) is 4.80. The highest BCUT2D eigenvalue weighted by molar-refractivity contribution is 5.21. The lowest BCUT2D eigenvalue weighted by atomic mass is 10.3. The Labute approximate surface area is 79.3 Å². The lowest BCUT2D eigenvalue weighted by molar-refractivity contribution is 0.225. The smallest absolute Gasteiger partial charge is 0.121 e. The molecule has 0 heterocycles. The van der Waals surface area contributed by atoms with Crippen LogP contribution in [-0.2, 0) is 14.2 Å². The van der Waals surface area contributed by atoms with E-state index in [-0.39, 0.29) is 0 Å². The van der Waals surface area contributed by atoms with Gasteiger partial charge in [-0.3, -0.25) is 0 Å². The summed E-state index contributed by atoms with van der Waals surface area (Å²) in [4.78, 5) is 0. The fourth-order valence-corrected chi connectivity index (χ4v) is 0.708. The molecule has 0 aromatic rings. The van der Waals surface area contributed by atoms with Gasteiger partial charge in [-0.25, -0.2) is 0 Å². The summed E-state index contributed by atoms with van der Waals surface area (Å²) >= 11 is 0. The van der Waals surface area contributed by atoms with Gasteiger partial charge in [0.15, 0.2) is 0 Å². The summed E-state index contributed by atoms with van der Waals surface area (Å²) in [5.41, 5.74) is 0. The molecule has 74 valence electrons. The topological polar surface area (TPSA) is 27.7 Å². The average molecular weight is 184 g/mol. The van der Waals surface area contributed by atoms with E-state index in [0.717, 1.165) is 0 Å². The number of allylic oxidation sites excluding steroid dienone is 2. The van der Waals surface area contributed by atoms with E-state index < -0.39 is 0 Å². The predicted octanol–water partition coefficient (Wildman–Crippen LogP) is 1.88. The second-order valence-electron chi connectivity index (χ2n) is 2.22. The molecule has 0 aliphatic rings. The monoisotopic (exact) mass is 184 g/mol. The average Bonchev–Trinajstić information content (AvgIpc) is 2.19. The summed E-state index contributed by atoms with van der Waals surface area (Å²) in [6.07, 6.45) is 5.16. The first-order valence-corrected chi connectivity index (χ1v) is 3.89. The molecule has 3 nitrogen and oxygen atoms in total. The molecule has 0 saturated heterocycles. The Bertz CT molecular complexity index is 204. The van der Waals surface area contributed by atoms with E-state index in [9.17, 15) is 0 Å². The minimum absolute atomic E-state index is 0.508. The van der Waals surface area contributed by atoms with Gasteiger partial charge in [0.05, 0.1) is 20.8 Å². The number of methoxy groups -OCH3 is 3. The van der Waals surface area contributed by atoms with Gasteiger partial charge < -0.3 is 14.2 Å². The predicted molar refractivity (Wildman–Crippen MR) is 52.3 cm³/mol. The standard InChI is InChI=1S/C10H16O3/c1-5-9(12-3)8-10(13-4)6-7-11-2/h5-6,8H,1,7H2,2-4H3/b9-8+,10-6-. The van der Waals surface area contributed by atoms with E-state index in [1.54, 1.807) is 33.5 Å². The van der Waals surface area contributed by atoms with Crippen molar-refractivity contribution in [3.05, 3.63) is 36.3 Å². The summed E-state index contributed by atoms with van der Waals surface area (Å²) in [6, 6.07) is 0. The van der Waals surface area contributed by atoms with Crippen LogP contribution in [0.3, 0.4) is 0 Å². The number of ether oxygens (including phenoxy) is 3. The first-order chi connectivity index (χ1) is 6.28. The SMILES string of the molecule is C=C/C(=C\C(=C\COC)OC)OC. The van der Waals surface area contributed by atoms with Crippen molar-refractivity contribution in [3.63, 3.8) is 0 Å². The molecule has 0 rings (SSSR count). The molecule has 0 aliphatic heterocycles. The first-order valence-electron chi connectivity index (χ1n) is 3.89. The molecule has 0 aromatic heterocycles. The third-order valence-electron chi connectivity index (χ3n) is 1.41. The number of rotatable bonds is 6. The minimum Gasteiger partial charge on any atom is -0.497 e. The van der Waals surface area contributed by atoms with Crippen LogP contribution in [0.25, 0.3) is 0 Å². The van der Waals surface area contributed by atoms with Crippen LogP contribution in [0.1, 0.15) is 0 Å². The van der Waals surface area contributed by atoms with Gasteiger partial charge in [-0.2, -0.15) is 0 Å². The largest absolute Gasteiger partial charge is 0.497 e. The fraction of sp³-hybridized carbons (Fsp3) is 0.400. The van der Waals surface area contributed by atoms with Crippen LogP contribution >= 0.6 is 0 Å². The summed E-state index contributed by atoms with van der Waals surface area (Å²) in [5.74, 6) is 1.35. The van der Waals surface area contributed by atoms with Gasteiger partial charge in [0.1, 0.15) is 11.5 Å². The first kappa shape index (κ1) is 11.8. The zero-order chi connectivity index (χ0) is 10.1. The Morgan fingerprint density at radius 2 is 1.77 bits per heavy atom. The fourth-order valence-electron chi connectivity index (χ4n) is 0.708. The Morgan fingerprint density at radius 3 is 2.15 bits per heavy atom. The Hall–Kier alpha value is -1.22. The Balaban J connectivity index is 4.39. The molecule has 13 heavy (non-hydrogen) atoms. The zero-order valence-electron chi connectivity index (χ0n) is 8.37. The molecule has 0 saturated carbocycles. The second-order valence-corrected chi connectivity index (χ2v) is 2.22. The van der Waals surface area contributed by atoms with Crippen LogP contribution in [0, 0.1) is 0 Å². The third-order valence-corrected chi connectivity index (χ3v) is 1.41. The molecule has 3 heteroatoms. The molecule has 0 atom stereocenters. The maximum absolute atomic E-state index is 5.06. The molecule has 0 radical (unpaired) electrons. The van der Waals surface area contributed by atoms with E-state index in [0.29, 0.717) is 18.1 Å². The van der Waals surface area contributed by atoms with Crippen molar-refractivity contribution < 1.29 is 14.2 Å². The number of hydrogen-bond donors (Lipinski definition) is 0. The van der Waals surface area contributed by atoms with Gasteiger partial charge in [-0.15, -0.1) is 0 Å². The van der Waals surface area contributed by atoms with E-state index in [1.165, 1.54) is 0 Å². The molecule has 0 bridgehead atoms. The van der Waals surface area contributed by atoms with E-state index in [2.05, 4.69) is 6.58 Å². The van der Waals surface area contributed by atoms with Crippen molar-refractivity contribution in [2.24, 2.45) is 0 Å². The molecule has 0 unspecified atom stereocenters. The maximum atomic E-state index is 5.06. The van der Waals surface area contributed by atoms with Crippen molar-refractivity contribution in [3.8, 4) is 0 Å². The van der Waals surface area contributed by atoms with E-state index in [4.69, 9.17) is 14.2 Å². The summed E-state index contributed by atoms with van der Waals surface area (Å²) in [5, 5.41) is 0. The molecule has 0 aromatic carbocycles. The molecule has 0 spiro atoms. The van der Waals surface area contributed by atoms with Crippen molar-refractivity contribution in [2.45, 2.75) is 0 Å². The molecular formula is C10H16O3. The van der Waals surface area contributed by atoms with Crippen LogP contribution < -0.4 is 0 Å². The molecule has 0 amide bonds. The van der Waals surface area contributed by atoms with Gasteiger partial charge in [0.2, 0.25) is 0 Å². The normalized spacial score (nSPS) is 12.5. The van der Waals surface area contributed by atoms with Gasteiger partial charge in [0.25, 0.3) is 0 Å². The van der Waals surface area contributed by atoms with E-state index in [1.807, 2.05) is 6.08 Å². The summed E-state index contributed by atoms with van der Waals surface area (Å²) < 4.78 is 14.9. The third kappa shape index (κ3) is 5.09. The lowest BCUT2D eigenvalue weighted by Crippen LogP contribution is -1.90. The highest BCUT2D eigenvalue weighted by Crippen LogP contribution is 2.04. The quantitative estimate of drug-likeness (QED) is 0.466. The molecule has 0 N–H and O–H groups in total. The maximum Gasteiger partial charge on any atom is 0.121 e. The van der Waals surface area contributed by atoms with Gasteiger partial charge in [-0.1, -0.05) is 6.58 Å². The van der Waals surface area contributed by atoms with Crippen molar-refractivity contribution in [1.29, 1.82) is 0 Å². The van der Waals surface area contributed by atoms with Crippen LogP contribution in [0.15, 0.2) is 36.3 Å². The molecule has 0 aliphatic carbocycles. The highest BCUT2D eigenvalue weighted by Gasteiger charge is 1.93. The van der Waals surface area contributed by atoms with Crippen LogP contribution in [-0.4, -0.2) is 27.9 Å². The second kappa shape index (κ2) is 7.43. The highest BCUT2D eigenvalue weighted by atomic mass is 16.5. The van der Waals surface area contributed by atoms with Crippen molar-refractivity contribution >= 4 is 0 Å². The molecule has 0 fully saturated rings. The lowest BCUT2D eigenvalue weighted by Gasteiger charge is -2.03. The minimum atomic E-state index is 0.508. The van der Waals surface area contributed by atoms with Gasteiger partial charge in [0, 0.05) is 13.2 Å². The number of hydrogen-bond acceptors (Lipinski definition) is 3. The molecular weight excluding hydrogens is 168 g/mol. The van der Waals surface area contributed by atoms with Gasteiger partial charge in [-0.05, 0) is 12.2 Å².